The third-order valence-electron chi connectivity index (χ3n) is 7.04. The Kier molecular flexibility index (Phi) is 6.38. The van der Waals surface area contributed by atoms with E-state index in [1.807, 2.05) is 36.7 Å². The van der Waals surface area contributed by atoms with E-state index in [4.69, 9.17) is 17.0 Å². The van der Waals surface area contributed by atoms with Gasteiger partial charge in [-0.25, -0.2) is 0 Å². The van der Waals surface area contributed by atoms with Gasteiger partial charge in [0.2, 0.25) is 0 Å². The number of pyridine rings is 2. The maximum absolute atomic E-state index is 6.21. The van der Waals surface area contributed by atoms with Crippen molar-refractivity contribution in [3.8, 4) is 5.75 Å². The number of aromatic nitrogens is 3. The summed E-state index contributed by atoms with van der Waals surface area (Å²) >= 11 is 5.91. The summed E-state index contributed by atoms with van der Waals surface area (Å²) in [5.74, 6) is 0.917. The molecule has 0 radical (unpaired) electrons. The minimum atomic E-state index is -0.0921. The summed E-state index contributed by atoms with van der Waals surface area (Å²) in [5, 5.41) is 4.24. The molecule has 1 aromatic carbocycles. The van der Waals surface area contributed by atoms with E-state index in [0.717, 1.165) is 41.4 Å². The molecule has 0 spiro atoms. The SMILES string of the molecule is S=C1N[C@@H](c2ccccn2)[C@@H](c2cccn2Cc2ccccn2)N1c1ccc(OC2CCCC2)cc1. The van der Waals surface area contributed by atoms with Crippen molar-refractivity contribution in [2.24, 2.45) is 0 Å². The number of nitrogens with one attached hydrogen (secondary N) is 1. The van der Waals surface area contributed by atoms with E-state index in [2.05, 4.69) is 79.5 Å². The van der Waals surface area contributed by atoms with Gasteiger partial charge in [0, 0.05) is 30.0 Å². The third kappa shape index (κ3) is 4.58. The van der Waals surface area contributed by atoms with Gasteiger partial charge in [0.05, 0.1) is 30.1 Å². The number of thiocarbonyl (C=S) groups is 1. The molecule has 6 rings (SSSR count). The summed E-state index contributed by atoms with van der Waals surface area (Å²) < 4.78 is 8.46. The van der Waals surface area contributed by atoms with E-state index in [9.17, 15) is 0 Å². The van der Waals surface area contributed by atoms with E-state index in [1.54, 1.807) is 0 Å². The van der Waals surface area contributed by atoms with Crippen LogP contribution in [0.1, 0.15) is 54.8 Å². The van der Waals surface area contributed by atoms with Crippen molar-refractivity contribution in [2.45, 2.75) is 50.4 Å². The van der Waals surface area contributed by atoms with Crippen LogP contribution >= 0.6 is 12.2 Å². The van der Waals surface area contributed by atoms with Gasteiger partial charge >= 0.3 is 0 Å². The average Bonchev–Trinajstić information content (AvgIpc) is 3.66. The highest BCUT2D eigenvalue weighted by Gasteiger charge is 2.42. The second kappa shape index (κ2) is 10.1. The summed E-state index contributed by atoms with van der Waals surface area (Å²) in [4.78, 5) is 11.4. The van der Waals surface area contributed by atoms with Crippen LogP contribution in [0.5, 0.6) is 5.75 Å². The average molecular weight is 496 g/mol. The molecule has 0 amide bonds. The molecule has 0 unspecified atom stereocenters. The molecule has 1 saturated heterocycles. The summed E-state index contributed by atoms with van der Waals surface area (Å²) in [5.41, 5.74) is 4.15. The zero-order chi connectivity index (χ0) is 24.3. The van der Waals surface area contributed by atoms with Crippen LogP contribution in [0.25, 0.3) is 0 Å². The summed E-state index contributed by atoms with van der Waals surface area (Å²) in [6.07, 6.45) is 10.9. The van der Waals surface area contributed by atoms with Crippen LogP contribution < -0.4 is 15.0 Å². The number of benzene rings is 1. The Balaban J connectivity index is 1.35. The van der Waals surface area contributed by atoms with Crippen LogP contribution in [0.4, 0.5) is 5.69 Å². The lowest BCUT2D eigenvalue weighted by molar-refractivity contribution is 0.210. The van der Waals surface area contributed by atoms with Gasteiger partial charge in [0.1, 0.15) is 11.8 Å². The topological polar surface area (TPSA) is 55.2 Å². The fraction of sp³-hybridized carbons (Fsp3) is 0.276. The van der Waals surface area contributed by atoms with Gasteiger partial charge < -0.3 is 19.5 Å². The predicted octanol–water partition coefficient (Wildman–Crippen LogP) is 5.82. The molecule has 182 valence electrons. The molecule has 1 aliphatic carbocycles. The first-order chi connectivity index (χ1) is 17.8. The number of nitrogens with zero attached hydrogens (tertiary/aromatic N) is 4. The molecule has 6 nitrogen and oxygen atoms in total. The first-order valence-electron chi connectivity index (χ1n) is 12.6. The highest BCUT2D eigenvalue weighted by atomic mass is 32.1. The number of ether oxygens (including phenoxy) is 1. The Hall–Kier alpha value is -3.71. The Bertz CT molecular complexity index is 1300. The van der Waals surface area contributed by atoms with Crippen molar-refractivity contribution in [3.05, 3.63) is 108 Å². The van der Waals surface area contributed by atoms with Crippen molar-refractivity contribution in [1.82, 2.24) is 19.9 Å². The second-order valence-electron chi connectivity index (χ2n) is 9.40. The van der Waals surface area contributed by atoms with E-state index in [1.165, 1.54) is 12.8 Å². The molecular weight excluding hydrogens is 466 g/mol. The van der Waals surface area contributed by atoms with Gasteiger partial charge in [-0.3, -0.25) is 9.97 Å². The highest BCUT2D eigenvalue weighted by molar-refractivity contribution is 7.80. The lowest BCUT2D eigenvalue weighted by atomic mass is 10.0. The molecule has 4 heterocycles. The maximum Gasteiger partial charge on any atom is 0.174 e. The van der Waals surface area contributed by atoms with E-state index >= 15 is 0 Å². The van der Waals surface area contributed by atoms with E-state index in [0.29, 0.717) is 17.8 Å². The lowest BCUT2D eigenvalue weighted by Gasteiger charge is -2.29. The maximum atomic E-state index is 6.21. The van der Waals surface area contributed by atoms with Gasteiger partial charge in [0.15, 0.2) is 5.11 Å². The third-order valence-corrected chi connectivity index (χ3v) is 7.36. The molecule has 36 heavy (non-hydrogen) atoms. The summed E-state index contributed by atoms with van der Waals surface area (Å²) in [6, 6.07) is 24.5. The highest BCUT2D eigenvalue weighted by Crippen LogP contribution is 2.42. The van der Waals surface area contributed by atoms with Gasteiger partial charge in [-0.05, 0) is 98.6 Å². The van der Waals surface area contributed by atoms with Crippen molar-refractivity contribution < 1.29 is 4.74 Å². The Morgan fingerprint density at radius 3 is 2.39 bits per heavy atom. The van der Waals surface area contributed by atoms with Crippen molar-refractivity contribution >= 4 is 23.0 Å². The van der Waals surface area contributed by atoms with Gasteiger partial charge in [-0.2, -0.15) is 0 Å². The summed E-state index contributed by atoms with van der Waals surface area (Å²) in [6.45, 7) is 0.684. The minimum absolute atomic E-state index is 0.0762. The van der Waals surface area contributed by atoms with Crippen LogP contribution in [0, 0.1) is 0 Å². The molecule has 2 atom stereocenters. The number of hydrogen-bond donors (Lipinski definition) is 1. The zero-order valence-electron chi connectivity index (χ0n) is 20.0. The molecule has 2 aliphatic rings. The normalized spacial score (nSPS) is 20.0. The minimum Gasteiger partial charge on any atom is -0.490 e. The van der Waals surface area contributed by atoms with Crippen LogP contribution in [0.3, 0.4) is 0 Å². The van der Waals surface area contributed by atoms with Crippen LogP contribution in [0.15, 0.2) is 91.4 Å². The quantitative estimate of drug-likeness (QED) is 0.326. The fourth-order valence-corrected chi connectivity index (χ4v) is 5.67. The standard InChI is InChI=1S/C29H29N5OS/c36-29-32-27(25-11-4-6-18-31-25)28(26-12-7-19-33(26)20-21-8-3-5-17-30-21)34(29)22-13-15-24(16-14-22)35-23-9-1-2-10-23/h3-8,11-19,23,27-28H,1-2,9-10,20H2,(H,32,36)/t27-,28+/m0/s1. The molecule has 2 fully saturated rings. The number of rotatable bonds is 7. The van der Waals surface area contributed by atoms with Gasteiger partial charge in [0.25, 0.3) is 0 Å². The Morgan fingerprint density at radius 2 is 1.67 bits per heavy atom. The molecule has 1 aliphatic heterocycles. The molecular formula is C29H29N5OS. The van der Waals surface area contributed by atoms with E-state index in [-0.39, 0.29) is 12.1 Å². The Morgan fingerprint density at radius 1 is 0.889 bits per heavy atom. The molecule has 4 aromatic rings. The van der Waals surface area contributed by atoms with Crippen molar-refractivity contribution in [1.29, 1.82) is 0 Å². The van der Waals surface area contributed by atoms with Crippen LogP contribution in [0.2, 0.25) is 0 Å². The lowest BCUT2D eigenvalue weighted by Crippen LogP contribution is -2.30. The molecule has 1 N–H and O–H groups in total. The van der Waals surface area contributed by atoms with E-state index < -0.39 is 0 Å². The molecule has 3 aromatic heterocycles. The second-order valence-corrected chi connectivity index (χ2v) is 9.78. The molecule has 0 bridgehead atoms. The van der Waals surface area contributed by atoms with Crippen molar-refractivity contribution in [3.63, 3.8) is 0 Å². The number of anilines is 1. The monoisotopic (exact) mass is 495 g/mol. The first kappa shape index (κ1) is 22.7. The first-order valence-corrected chi connectivity index (χ1v) is 13.0. The van der Waals surface area contributed by atoms with Crippen LogP contribution in [-0.2, 0) is 6.54 Å². The van der Waals surface area contributed by atoms with Crippen LogP contribution in [-0.4, -0.2) is 25.8 Å². The molecule has 7 heteroatoms. The van der Waals surface area contributed by atoms with Crippen molar-refractivity contribution in [2.75, 3.05) is 4.90 Å². The van der Waals surface area contributed by atoms with Gasteiger partial charge in [-0.1, -0.05) is 12.1 Å². The fourth-order valence-electron chi connectivity index (χ4n) is 5.32. The predicted molar refractivity (Wildman–Crippen MR) is 145 cm³/mol. The summed E-state index contributed by atoms with van der Waals surface area (Å²) in [7, 11) is 0. The Labute approximate surface area is 217 Å². The molecule has 1 saturated carbocycles. The number of hydrogen-bond acceptors (Lipinski definition) is 4. The zero-order valence-corrected chi connectivity index (χ0v) is 20.8. The smallest absolute Gasteiger partial charge is 0.174 e. The van der Waals surface area contributed by atoms with Gasteiger partial charge in [-0.15, -0.1) is 0 Å². The largest absolute Gasteiger partial charge is 0.490 e.